The Morgan fingerprint density at radius 2 is 2.00 bits per heavy atom. The molecule has 0 aliphatic carbocycles. The Hall–Kier alpha value is -3.19. The quantitative estimate of drug-likeness (QED) is 0.626. The Morgan fingerprint density at radius 1 is 1.13 bits per heavy atom. The summed E-state index contributed by atoms with van der Waals surface area (Å²) in [5, 5.41) is 4.46. The van der Waals surface area contributed by atoms with Crippen LogP contribution in [0.15, 0.2) is 51.7 Å². The van der Waals surface area contributed by atoms with E-state index in [-0.39, 0.29) is 11.7 Å². The van der Waals surface area contributed by atoms with E-state index in [1.807, 2.05) is 12.1 Å². The number of hydrogen-bond donors (Lipinski definition) is 1. The number of methoxy groups -OCH3 is 1. The van der Waals surface area contributed by atoms with Gasteiger partial charge in [0.25, 0.3) is 0 Å². The first-order valence-corrected chi connectivity index (χ1v) is 10.6. The van der Waals surface area contributed by atoms with Crippen molar-refractivity contribution in [2.24, 2.45) is 5.92 Å². The molecule has 1 aromatic heterocycles. The smallest absolute Gasteiger partial charge is 0.338 e. The van der Waals surface area contributed by atoms with Crippen molar-refractivity contribution in [1.29, 1.82) is 0 Å². The zero-order valence-corrected chi connectivity index (χ0v) is 17.7. The van der Waals surface area contributed by atoms with Crippen LogP contribution in [0.5, 0.6) is 17.2 Å². The van der Waals surface area contributed by atoms with Crippen LogP contribution >= 0.6 is 0 Å². The normalized spacial score (nSPS) is 20.7. The van der Waals surface area contributed by atoms with Gasteiger partial charge in [-0.15, -0.1) is 0 Å². The molecule has 0 bridgehead atoms. The van der Waals surface area contributed by atoms with Crippen molar-refractivity contribution in [2.75, 3.05) is 32.3 Å². The largest absolute Gasteiger partial charge is 0.497 e. The zero-order valence-electron chi connectivity index (χ0n) is 17.7. The second-order valence-corrected chi connectivity index (χ2v) is 8.28. The van der Waals surface area contributed by atoms with Gasteiger partial charge in [0.1, 0.15) is 11.3 Å². The number of nitrogens with one attached hydrogen (secondary N) is 1. The van der Waals surface area contributed by atoms with E-state index in [9.17, 15) is 4.79 Å². The molecule has 7 nitrogen and oxygen atoms in total. The van der Waals surface area contributed by atoms with E-state index in [2.05, 4.69) is 29.3 Å². The summed E-state index contributed by atoms with van der Waals surface area (Å²) in [6, 6.07) is 13.4. The number of hydrogen-bond acceptors (Lipinski definition) is 7. The number of nitrogens with zero attached hydrogens (tertiary/aromatic N) is 1. The first-order chi connectivity index (χ1) is 15.1. The van der Waals surface area contributed by atoms with E-state index in [1.165, 1.54) is 11.6 Å². The van der Waals surface area contributed by atoms with Crippen molar-refractivity contribution in [3.05, 3.63) is 58.4 Å². The maximum atomic E-state index is 12.1. The van der Waals surface area contributed by atoms with Gasteiger partial charge in [-0.05, 0) is 48.2 Å². The highest BCUT2D eigenvalue weighted by Crippen LogP contribution is 2.33. The lowest BCUT2D eigenvalue weighted by atomic mass is 9.93. The minimum absolute atomic E-state index is 0.268. The van der Waals surface area contributed by atoms with E-state index in [0.29, 0.717) is 18.3 Å². The Kier molecular flexibility index (Phi) is 5.19. The molecule has 162 valence electrons. The molecule has 2 aromatic carbocycles. The number of fused-ring (bicyclic) bond motifs is 2. The molecule has 1 saturated heterocycles. The molecule has 3 aromatic rings. The van der Waals surface area contributed by atoms with E-state index < -0.39 is 0 Å². The Balaban J connectivity index is 1.29. The van der Waals surface area contributed by atoms with Crippen LogP contribution in [-0.4, -0.2) is 37.9 Å². The first-order valence-electron chi connectivity index (χ1n) is 10.6. The van der Waals surface area contributed by atoms with Crippen LogP contribution in [0.1, 0.15) is 18.9 Å². The van der Waals surface area contributed by atoms with Gasteiger partial charge in [0.2, 0.25) is 6.79 Å². The van der Waals surface area contributed by atoms with Gasteiger partial charge >= 0.3 is 5.63 Å². The summed E-state index contributed by atoms with van der Waals surface area (Å²) in [5.41, 5.74) is 2.23. The molecule has 2 aliphatic rings. The maximum absolute atomic E-state index is 12.1. The fourth-order valence-corrected chi connectivity index (χ4v) is 4.48. The van der Waals surface area contributed by atoms with Crippen molar-refractivity contribution >= 4 is 16.7 Å². The molecule has 0 saturated carbocycles. The molecule has 0 spiro atoms. The molecule has 2 atom stereocenters. The lowest BCUT2D eigenvalue weighted by Crippen LogP contribution is -2.44. The summed E-state index contributed by atoms with van der Waals surface area (Å²) < 4.78 is 21.6. The number of anilines is 1. The molecule has 0 radical (unpaired) electrons. The monoisotopic (exact) mass is 422 g/mol. The summed E-state index contributed by atoms with van der Waals surface area (Å²) in [6.07, 6.45) is 0.984. The summed E-state index contributed by atoms with van der Waals surface area (Å²) in [5.74, 6) is 2.79. The Bertz CT molecular complexity index is 1160. The standard InChI is InChI=1S/C24H26N2O5/c1-15-12-26(13-16-3-5-22-23(9-16)30-14-29-22)8-7-19(15)25-20-11-24(27)31-21-6-4-17(28-2)10-18(20)21/h3-6,9-11,15,19,25H,7-8,12-14H2,1-2H3. The third-order valence-electron chi connectivity index (χ3n) is 6.12. The molecule has 1 N–H and O–H groups in total. The van der Waals surface area contributed by atoms with Gasteiger partial charge in [-0.25, -0.2) is 4.79 Å². The van der Waals surface area contributed by atoms with Crippen LogP contribution in [0.3, 0.4) is 0 Å². The van der Waals surface area contributed by atoms with Crippen LogP contribution < -0.4 is 25.2 Å². The van der Waals surface area contributed by atoms with Crippen LogP contribution in [0.25, 0.3) is 11.0 Å². The van der Waals surface area contributed by atoms with Crippen LogP contribution in [0.4, 0.5) is 5.69 Å². The van der Waals surface area contributed by atoms with Gasteiger partial charge in [0.05, 0.1) is 12.8 Å². The third-order valence-corrected chi connectivity index (χ3v) is 6.12. The minimum Gasteiger partial charge on any atom is -0.497 e. The second-order valence-electron chi connectivity index (χ2n) is 8.28. The van der Waals surface area contributed by atoms with Gasteiger partial charge in [-0.1, -0.05) is 13.0 Å². The fourth-order valence-electron chi connectivity index (χ4n) is 4.48. The molecular formula is C24H26N2O5. The predicted octanol–water partition coefficient (Wildman–Crippen LogP) is 3.85. The van der Waals surface area contributed by atoms with E-state index in [1.54, 1.807) is 19.2 Å². The summed E-state index contributed by atoms with van der Waals surface area (Å²) in [6.45, 7) is 5.36. The molecule has 3 heterocycles. The van der Waals surface area contributed by atoms with E-state index in [4.69, 9.17) is 18.6 Å². The molecule has 0 amide bonds. The van der Waals surface area contributed by atoms with Gasteiger partial charge in [0, 0.05) is 37.1 Å². The molecule has 31 heavy (non-hydrogen) atoms. The maximum Gasteiger partial charge on any atom is 0.338 e. The van der Waals surface area contributed by atoms with Gasteiger partial charge in [-0.2, -0.15) is 0 Å². The molecule has 7 heteroatoms. The third kappa shape index (κ3) is 4.05. The number of ether oxygens (including phenoxy) is 3. The van der Waals surface area contributed by atoms with Gasteiger partial charge in [-0.3, -0.25) is 4.90 Å². The van der Waals surface area contributed by atoms with Crippen LogP contribution in [0, 0.1) is 5.92 Å². The zero-order chi connectivity index (χ0) is 21.4. The predicted molar refractivity (Wildman–Crippen MR) is 118 cm³/mol. The highest BCUT2D eigenvalue weighted by atomic mass is 16.7. The molecule has 5 rings (SSSR count). The summed E-state index contributed by atoms with van der Waals surface area (Å²) in [4.78, 5) is 14.5. The highest BCUT2D eigenvalue weighted by Gasteiger charge is 2.27. The van der Waals surface area contributed by atoms with Crippen molar-refractivity contribution in [1.82, 2.24) is 4.90 Å². The van der Waals surface area contributed by atoms with Crippen molar-refractivity contribution < 1.29 is 18.6 Å². The van der Waals surface area contributed by atoms with E-state index in [0.717, 1.165) is 54.4 Å². The molecular weight excluding hydrogens is 396 g/mol. The Labute approximate surface area is 180 Å². The van der Waals surface area contributed by atoms with E-state index >= 15 is 0 Å². The number of benzene rings is 2. The fraction of sp³-hybridized carbons (Fsp3) is 0.375. The van der Waals surface area contributed by atoms with Gasteiger partial charge in [0.15, 0.2) is 11.5 Å². The summed E-state index contributed by atoms with van der Waals surface area (Å²) >= 11 is 0. The first kappa shape index (κ1) is 19.8. The van der Waals surface area contributed by atoms with Crippen molar-refractivity contribution in [3.63, 3.8) is 0 Å². The molecule has 1 fully saturated rings. The highest BCUT2D eigenvalue weighted by molar-refractivity contribution is 5.90. The number of rotatable bonds is 5. The lowest BCUT2D eigenvalue weighted by molar-refractivity contribution is 0.164. The average Bonchev–Trinajstić information content (AvgIpc) is 3.23. The van der Waals surface area contributed by atoms with Crippen LogP contribution in [0.2, 0.25) is 0 Å². The SMILES string of the molecule is COc1ccc2oc(=O)cc(NC3CCN(Cc4ccc5c(c4)OCO5)CC3C)c2c1. The van der Waals surface area contributed by atoms with Crippen molar-refractivity contribution in [3.8, 4) is 17.2 Å². The second kappa shape index (κ2) is 8.15. The number of likely N-dealkylation sites (tertiary alicyclic amines) is 1. The van der Waals surface area contributed by atoms with Crippen LogP contribution in [-0.2, 0) is 6.54 Å². The molecule has 2 aliphatic heterocycles. The number of piperidine rings is 1. The summed E-state index contributed by atoms with van der Waals surface area (Å²) in [7, 11) is 1.63. The topological polar surface area (TPSA) is 73.2 Å². The average molecular weight is 422 g/mol. The lowest BCUT2D eigenvalue weighted by Gasteiger charge is -2.38. The molecule has 2 unspecified atom stereocenters. The Morgan fingerprint density at radius 3 is 2.84 bits per heavy atom. The van der Waals surface area contributed by atoms with Gasteiger partial charge < -0.3 is 23.9 Å². The minimum atomic E-state index is -0.354. The van der Waals surface area contributed by atoms with Crippen molar-refractivity contribution in [2.45, 2.75) is 25.9 Å².